The van der Waals surface area contributed by atoms with Crippen LogP contribution in [-0.2, 0) is 13.6 Å². The number of halogens is 1. The number of fused-ring (bicyclic) bond motifs is 1. The molecule has 2 heterocycles. The Hall–Kier alpha value is -3.38. The molecule has 2 aromatic heterocycles. The van der Waals surface area contributed by atoms with Gasteiger partial charge in [-0.1, -0.05) is 48.5 Å². The summed E-state index contributed by atoms with van der Waals surface area (Å²) in [6, 6.07) is 20.9. The predicted molar refractivity (Wildman–Crippen MR) is 112 cm³/mol. The Morgan fingerprint density at radius 2 is 1.71 bits per heavy atom. The summed E-state index contributed by atoms with van der Waals surface area (Å²) in [5.41, 5.74) is 1.42. The molecule has 28 heavy (non-hydrogen) atoms. The van der Waals surface area contributed by atoms with Gasteiger partial charge in [0, 0.05) is 25.2 Å². The van der Waals surface area contributed by atoms with Crippen molar-refractivity contribution in [1.29, 1.82) is 0 Å². The molecule has 0 saturated heterocycles. The van der Waals surface area contributed by atoms with Crippen molar-refractivity contribution in [1.82, 2.24) is 14.5 Å². The molecule has 6 nitrogen and oxygen atoms in total. The molecule has 7 heteroatoms. The minimum Gasteiger partial charge on any atom is -0.452 e. The van der Waals surface area contributed by atoms with Gasteiger partial charge in [-0.05, 0) is 23.8 Å². The molecule has 1 N–H and O–H groups in total. The van der Waals surface area contributed by atoms with Gasteiger partial charge in [-0.15, -0.1) is 12.4 Å². The number of ether oxygens (including phenoxy) is 1. The van der Waals surface area contributed by atoms with Gasteiger partial charge in [-0.25, -0.2) is 4.98 Å². The highest BCUT2D eigenvalue weighted by atomic mass is 35.5. The average Bonchev–Trinajstić information content (AvgIpc) is 2.72. The van der Waals surface area contributed by atoms with Gasteiger partial charge in [-0.3, -0.25) is 9.36 Å². The van der Waals surface area contributed by atoms with Crippen molar-refractivity contribution in [3.8, 4) is 11.5 Å². The minimum atomic E-state index is -0.251. The molecule has 0 aliphatic rings. The number of benzene rings is 2. The summed E-state index contributed by atoms with van der Waals surface area (Å²) in [5.74, 6) is 1.32. The second-order valence-corrected chi connectivity index (χ2v) is 6.10. The van der Waals surface area contributed by atoms with Crippen molar-refractivity contribution in [2.75, 3.05) is 5.32 Å². The van der Waals surface area contributed by atoms with E-state index in [1.165, 1.54) is 4.57 Å². The predicted octanol–water partition coefficient (Wildman–Crippen LogP) is 4.15. The maximum absolute atomic E-state index is 12.6. The van der Waals surface area contributed by atoms with Crippen molar-refractivity contribution in [2.24, 2.45) is 7.05 Å². The fourth-order valence-corrected chi connectivity index (χ4v) is 2.77. The number of anilines is 1. The van der Waals surface area contributed by atoms with E-state index < -0.39 is 0 Å². The van der Waals surface area contributed by atoms with E-state index in [1.54, 1.807) is 31.4 Å². The van der Waals surface area contributed by atoms with Crippen molar-refractivity contribution >= 4 is 29.4 Å². The van der Waals surface area contributed by atoms with Crippen molar-refractivity contribution in [3.63, 3.8) is 0 Å². The zero-order valence-electron chi connectivity index (χ0n) is 15.2. The number of hydrogen-bond donors (Lipinski definition) is 1. The number of nitrogens with one attached hydrogen (secondary N) is 1. The molecule has 0 spiro atoms. The molecular formula is C21H19ClN4O2. The lowest BCUT2D eigenvalue weighted by molar-refractivity contribution is 0.471. The van der Waals surface area contributed by atoms with Crippen LogP contribution in [0.15, 0.2) is 77.7 Å². The molecule has 0 aliphatic carbocycles. The first-order valence-corrected chi connectivity index (χ1v) is 8.58. The zero-order chi connectivity index (χ0) is 18.6. The maximum atomic E-state index is 12.6. The average molecular weight is 395 g/mol. The molecule has 2 aromatic carbocycles. The number of hydrogen-bond acceptors (Lipinski definition) is 5. The van der Waals surface area contributed by atoms with Crippen LogP contribution in [0.1, 0.15) is 5.56 Å². The van der Waals surface area contributed by atoms with Gasteiger partial charge in [-0.2, -0.15) is 4.98 Å². The third-order valence-electron chi connectivity index (χ3n) is 4.18. The first-order valence-electron chi connectivity index (χ1n) is 8.58. The summed E-state index contributed by atoms with van der Waals surface area (Å²) in [4.78, 5) is 21.5. The molecule has 0 aliphatic heterocycles. The van der Waals surface area contributed by atoms with Gasteiger partial charge in [0.15, 0.2) is 5.75 Å². The Labute approximate surface area is 168 Å². The van der Waals surface area contributed by atoms with Crippen LogP contribution in [0.25, 0.3) is 11.0 Å². The SMILES string of the molecule is Cl.Cn1c(=O)c(Oc2ccccc2)cc2cnc(NCc3ccccc3)nc21. The van der Waals surface area contributed by atoms with Gasteiger partial charge < -0.3 is 10.1 Å². The van der Waals surface area contributed by atoms with Gasteiger partial charge in [0.1, 0.15) is 11.4 Å². The Kier molecular flexibility index (Phi) is 5.91. The standard InChI is InChI=1S/C21H18N4O2.ClH/c1-25-19-16(12-18(20(25)26)27-17-10-6-3-7-11-17)14-23-21(24-19)22-13-15-8-4-2-5-9-15;/h2-12,14H,13H2,1H3,(H,22,23,24);1H. The number of para-hydroxylation sites is 1. The number of pyridine rings is 1. The summed E-state index contributed by atoms with van der Waals surface area (Å²) < 4.78 is 7.20. The van der Waals surface area contributed by atoms with Crippen LogP contribution < -0.4 is 15.6 Å². The fourth-order valence-electron chi connectivity index (χ4n) is 2.77. The van der Waals surface area contributed by atoms with Gasteiger partial charge >= 0.3 is 0 Å². The smallest absolute Gasteiger partial charge is 0.294 e. The van der Waals surface area contributed by atoms with Crippen molar-refractivity contribution in [3.05, 3.63) is 88.8 Å². The topological polar surface area (TPSA) is 69.0 Å². The summed E-state index contributed by atoms with van der Waals surface area (Å²) >= 11 is 0. The van der Waals surface area contributed by atoms with E-state index in [2.05, 4.69) is 15.3 Å². The number of aromatic nitrogens is 3. The van der Waals surface area contributed by atoms with Crippen LogP contribution in [0.3, 0.4) is 0 Å². The van der Waals surface area contributed by atoms with E-state index in [4.69, 9.17) is 4.74 Å². The van der Waals surface area contributed by atoms with Gasteiger partial charge in [0.25, 0.3) is 5.56 Å². The maximum Gasteiger partial charge on any atom is 0.294 e. The molecule has 0 unspecified atom stereocenters. The Morgan fingerprint density at radius 3 is 2.43 bits per heavy atom. The highest BCUT2D eigenvalue weighted by molar-refractivity contribution is 5.85. The van der Waals surface area contributed by atoms with Crippen LogP contribution >= 0.6 is 12.4 Å². The van der Waals surface area contributed by atoms with Crippen molar-refractivity contribution in [2.45, 2.75) is 6.54 Å². The van der Waals surface area contributed by atoms with E-state index in [0.29, 0.717) is 23.9 Å². The molecule has 142 valence electrons. The quantitative estimate of drug-likeness (QED) is 0.550. The second-order valence-electron chi connectivity index (χ2n) is 6.10. The van der Waals surface area contributed by atoms with Gasteiger partial charge in [0.2, 0.25) is 5.95 Å². The highest BCUT2D eigenvalue weighted by Gasteiger charge is 2.11. The summed E-state index contributed by atoms with van der Waals surface area (Å²) in [6.07, 6.45) is 1.69. The first kappa shape index (κ1) is 19.4. The summed E-state index contributed by atoms with van der Waals surface area (Å²) in [5, 5.41) is 3.92. The molecule has 0 amide bonds. The van der Waals surface area contributed by atoms with Crippen LogP contribution in [0.2, 0.25) is 0 Å². The molecule has 0 bridgehead atoms. The lowest BCUT2D eigenvalue weighted by atomic mass is 10.2. The Morgan fingerprint density at radius 1 is 1.04 bits per heavy atom. The Bertz CT molecular complexity index is 1130. The molecule has 0 radical (unpaired) electrons. The van der Waals surface area contributed by atoms with Crippen LogP contribution in [-0.4, -0.2) is 14.5 Å². The van der Waals surface area contributed by atoms with E-state index >= 15 is 0 Å². The zero-order valence-corrected chi connectivity index (χ0v) is 16.0. The van der Waals surface area contributed by atoms with E-state index in [1.807, 2.05) is 48.5 Å². The lowest BCUT2D eigenvalue weighted by Gasteiger charge is -2.11. The van der Waals surface area contributed by atoms with E-state index in [0.717, 1.165) is 10.9 Å². The number of rotatable bonds is 5. The molecular weight excluding hydrogens is 376 g/mol. The summed E-state index contributed by atoms with van der Waals surface area (Å²) in [7, 11) is 1.68. The molecule has 0 atom stereocenters. The van der Waals surface area contributed by atoms with E-state index in [-0.39, 0.29) is 23.7 Å². The van der Waals surface area contributed by atoms with Crippen LogP contribution in [0.5, 0.6) is 11.5 Å². The second kappa shape index (κ2) is 8.54. The van der Waals surface area contributed by atoms with Gasteiger partial charge in [0.05, 0.1) is 0 Å². The monoisotopic (exact) mass is 394 g/mol. The Balaban J connectivity index is 0.00000225. The van der Waals surface area contributed by atoms with Crippen molar-refractivity contribution < 1.29 is 4.74 Å². The lowest BCUT2D eigenvalue weighted by Crippen LogP contribution is -2.19. The normalized spacial score (nSPS) is 10.3. The van der Waals surface area contributed by atoms with Crippen LogP contribution in [0, 0.1) is 0 Å². The molecule has 4 rings (SSSR count). The number of aryl methyl sites for hydroxylation is 1. The third kappa shape index (κ3) is 4.13. The first-order chi connectivity index (χ1) is 13.2. The third-order valence-corrected chi connectivity index (χ3v) is 4.18. The highest BCUT2D eigenvalue weighted by Crippen LogP contribution is 2.21. The summed E-state index contributed by atoms with van der Waals surface area (Å²) in [6.45, 7) is 0.607. The number of nitrogens with zero attached hydrogens (tertiary/aromatic N) is 3. The van der Waals surface area contributed by atoms with E-state index in [9.17, 15) is 4.79 Å². The molecule has 0 saturated carbocycles. The molecule has 4 aromatic rings. The molecule has 0 fully saturated rings. The van der Waals surface area contributed by atoms with Crippen LogP contribution in [0.4, 0.5) is 5.95 Å². The fraction of sp³-hybridized carbons (Fsp3) is 0.0952. The largest absolute Gasteiger partial charge is 0.452 e. The minimum absolute atomic E-state index is 0.